The molecule has 6 rings (SSSR count). The van der Waals surface area contributed by atoms with Crippen molar-refractivity contribution in [3.63, 3.8) is 0 Å². The molecule has 0 radical (unpaired) electrons. The zero-order valence-electron chi connectivity index (χ0n) is 26.0. The number of ether oxygens (including phenoxy) is 2. The van der Waals surface area contributed by atoms with Crippen LogP contribution >= 0.6 is 0 Å². The van der Waals surface area contributed by atoms with Crippen LogP contribution < -0.4 is 9.64 Å². The number of piperidine rings is 1. The predicted octanol–water partition coefficient (Wildman–Crippen LogP) is 5.32. The monoisotopic (exact) mass is 647 g/mol. The van der Waals surface area contributed by atoms with Crippen molar-refractivity contribution in [3.8, 4) is 5.75 Å². The molecule has 8 nitrogen and oxygen atoms in total. The zero-order valence-corrected chi connectivity index (χ0v) is 26.0. The third kappa shape index (κ3) is 6.43. The van der Waals surface area contributed by atoms with Gasteiger partial charge < -0.3 is 24.4 Å². The van der Waals surface area contributed by atoms with Crippen LogP contribution in [-0.2, 0) is 20.5 Å². The number of nitrogens with zero attached hydrogens (tertiary/aromatic N) is 3. The van der Waals surface area contributed by atoms with Gasteiger partial charge in [0.1, 0.15) is 5.75 Å². The molecule has 4 heterocycles. The molecule has 0 saturated carbocycles. The summed E-state index contributed by atoms with van der Waals surface area (Å²) in [4.78, 5) is 31.2. The van der Waals surface area contributed by atoms with Crippen molar-refractivity contribution < 1.29 is 41.7 Å². The van der Waals surface area contributed by atoms with Gasteiger partial charge in [0.25, 0.3) is 5.91 Å². The number of carboxylic acids is 1. The summed E-state index contributed by atoms with van der Waals surface area (Å²) < 4.78 is 69.5. The highest BCUT2D eigenvalue weighted by molar-refractivity contribution is 5.88. The van der Waals surface area contributed by atoms with E-state index >= 15 is 4.39 Å². The Morgan fingerprint density at radius 3 is 2.28 bits per heavy atom. The van der Waals surface area contributed by atoms with Crippen LogP contribution in [0, 0.1) is 5.92 Å². The van der Waals surface area contributed by atoms with E-state index in [1.54, 1.807) is 24.1 Å². The van der Waals surface area contributed by atoms with Crippen LogP contribution in [0.2, 0.25) is 0 Å². The molecule has 1 N–H and O–H groups in total. The van der Waals surface area contributed by atoms with Gasteiger partial charge in [-0.25, -0.2) is 4.39 Å². The van der Waals surface area contributed by atoms with Gasteiger partial charge in [-0.15, -0.1) is 0 Å². The van der Waals surface area contributed by atoms with Gasteiger partial charge in [-0.2, -0.15) is 13.2 Å². The number of hydrogen-bond donors (Lipinski definition) is 1. The minimum atomic E-state index is -4.54. The predicted molar refractivity (Wildman–Crippen MR) is 163 cm³/mol. The largest absolute Gasteiger partial charge is 0.497 e. The highest BCUT2D eigenvalue weighted by Gasteiger charge is 2.57. The number of benzene rings is 2. The third-order valence-corrected chi connectivity index (χ3v) is 10.4. The molecule has 2 aromatic carbocycles. The van der Waals surface area contributed by atoms with E-state index in [1.807, 2.05) is 17.0 Å². The van der Waals surface area contributed by atoms with E-state index < -0.39 is 41.1 Å². The summed E-state index contributed by atoms with van der Waals surface area (Å²) in [6, 6.07) is 11.0. The third-order valence-electron chi connectivity index (χ3n) is 10.4. The molecule has 2 aromatic rings. The topological polar surface area (TPSA) is 82.6 Å². The summed E-state index contributed by atoms with van der Waals surface area (Å²) in [5.41, 5.74) is -1.15. The van der Waals surface area contributed by atoms with Gasteiger partial charge in [0.2, 0.25) is 5.67 Å². The number of rotatable bonds is 7. The Hall–Kier alpha value is -3.38. The number of methoxy groups -OCH3 is 1. The van der Waals surface area contributed by atoms with E-state index in [2.05, 4.69) is 4.90 Å². The van der Waals surface area contributed by atoms with Gasteiger partial charge in [-0.1, -0.05) is 18.2 Å². The molecule has 46 heavy (non-hydrogen) atoms. The molecule has 3 atom stereocenters. The minimum absolute atomic E-state index is 0.0294. The highest BCUT2D eigenvalue weighted by Crippen LogP contribution is 2.45. The number of alkyl halides is 4. The van der Waals surface area contributed by atoms with E-state index in [0.717, 1.165) is 30.5 Å². The molecule has 4 aliphatic rings. The van der Waals surface area contributed by atoms with Crippen LogP contribution in [0.1, 0.15) is 60.6 Å². The molecule has 0 spiro atoms. The normalized spacial score (nSPS) is 26.9. The molecule has 0 unspecified atom stereocenters. The van der Waals surface area contributed by atoms with Crippen molar-refractivity contribution in [1.82, 2.24) is 9.80 Å². The summed E-state index contributed by atoms with van der Waals surface area (Å²) >= 11 is 0. The Balaban J connectivity index is 1.25. The van der Waals surface area contributed by atoms with Gasteiger partial charge in [0, 0.05) is 76.0 Å². The first-order valence-corrected chi connectivity index (χ1v) is 16.1. The van der Waals surface area contributed by atoms with Gasteiger partial charge in [0.15, 0.2) is 0 Å². The van der Waals surface area contributed by atoms with Crippen LogP contribution in [0.25, 0.3) is 0 Å². The van der Waals surface area contributed by atoms with Crippen molar-refractivity contribution in [2.45, 2.75) is 61.8 Å². The Morgan fingerprint density at radius 1 is 0.957 bits per heavy atom. The molecule has 12 heteroatoms. The summed E-state index contributed by atoms with van der Waals surface area (Å²) in [6.07, 6.45) is -1.84. The molecule has 4 aliphatic heterocycles. The number of amides is 1. The van der Waals surface area contributed by atoms with Crippen molar-refractivity contribution in [2.75, 3.05) is 64.5 Å². The lowest BCUT2D eigenvalue weighted by molar-refractivity contribution is -0.143. The number of carboxylic acid groups (broad SMARTS) is 1. The molecular formula is C34H41F4N3O5. The fourth-order valence-electron chi connectivity index (χ4n) is 7.77. The smallest absolute Gasteiger partial charge is 0.416 e. The van der Waals surface area contributed by atoms with Crippen LogP contribution in [-0.4, -0.2) is 98.1 Å². The molecule has 0 aromatic heterocycles. The second-order valence-corrected chi connectivity index (χ2v) is 13.1. The second-order valence-electron chi connectivity index (χ2n) is 13.1. The fraction of sp³-hybridized carbons (Fsp3) is 0.588. The van der Waals surface area contributed by atoms with E-state index in [9.17, 15) is 27.9 Å². The van der Waals surface area contributed by atoms with E-state index in [1.165, 1.54) is 6.07 Å². The molecule has 0 aliphatic carbocycles. The molecule has 250 valence electrons. The lowest BCUT2D eigenvalue weighted by atomic mass is 9.85. The minimum Gasteiger partial charge on any atom is -0.497 e. The van der Waals surface area contributed by atoms with Crippen LogP contribution in [0.3, 0.4) is 0 Å². The maximum atomic E-state index is 17.4. The van der Waals surface area contributed by atoms with Gasteiger partial charge in [-0.05, 0) is 67.5 Å². The standard InChI is InChI=1S/C34H41F4N3O5/c1-45-27-5-2-22(3-6-27)29-20-41(26-11-16-46-17-12-26)21-33(29,35)32(44)40-15-10-24(19-40)28-7-4-25(34(36,37)38)18-30(28)39-13-8-23(9-14-39)31(42)43/h2-7,18,23-24,26,29H,8-17,19-21H2,1H3,(H,42,43)/t24-,29+,33+/m1/s1. The van der Waals surface area contributed by atoms with E-state index in [-0.39, 0.29) is 25.0 Å². The second kappa shape index (κ2) is 13.0. The highest BCUT2D eigenvalue weighted by atomic mass is 19.4. The maximum absolute atomic E-state index is 17.4. The zero-order chi connectivity index (χ0) is 32.6. The van der Waals surface area contributed by atoms with Crippen molar-refractivity contribution in [1.29, 1.82) is 0 Å². The molecular weight excluding hydrogens is 606 g/mol. The number of likely N-dealkylation sites (tertiary alicyclic amines) is 2. The van der Waals surface area contributed by atoms with Crippen LogP contribution in [0.4, 0.5) is 23.2 Å². The Bertz CT molecular complexity index is 1410. The van der Waals surface area contributed by atoms with Crippen molar-refractivity contribution >= 4 is 17.6 Å². The lowest BCUT2D eigenvalue weighted by Gasteiger charge is -2.35. The first-order valence-electron chi connectivity index (χ1n) is 16.1. The molecule has 4 fully saturated rings. The fourth-order valence-corrected chi connectivity index (χ4v) is 7.77. The summed E-state index contributed by atoms with van der Waals surface area (Å²) in [6.45, 7) is 2.69. The number of aliphatic carboxylic acids is 1. The van der Waals surface area contributed by atoms with Crippen LogP contribution in [0.15, 0.2) is 42.5 Å². The average molecular weight is 648 g/mol. The SMILES string of the molecule is COc1ccc([C@@H]2CN(C3CCOCC3)C[C@@]2(F)C(=O)N2CC[C@@H](c3ccc(C(F)(F)F)cc3N3CCC(C(=O)O)CC3)C2)cc1. The summed E-state index contributed by atoms with van der Waals surface area (Å²) in [7, 11) is 1.56. The lowest BCUT2D eigenvalue weighted by Crippen LogP contribution is -2.50. The van der Waals surface area contributed by atoms with Crippen LogP contribution in [0.5, 0.6) is 5.75 Å². The molecule has 1 amide bonds. The molecule has 4 saturated heterocycles. The summed E-state index contributed by atoms with van der Waals surface area (Å²) in [5.74, 6) is -2.35. The van der Waals surface area contributed by atoms with Crippen molar-refractivity contribution in [3.05, 3.63) is 59.2 Å². The number of anilines is 1. The Morgan fingerprint density at radius 2 is 1.65 bits per heavy atom. The van der Waals surface area contributed by atoms with Crippen molar-refractivity contribution in [2.24, 2.45) is 5.92 Å². The maximum Gasteiger partial charge on any atom is 0.416 e. The number of carbonyl (C=O) groups excluding carboxylic acids is 1. The molecule has 0 bridgehead atoms. The number of hydrogen-bond acceptors (Lipinski definition) is 6. The van der Waals surface area contributed by atoms with E-state index in [0.29, 0.717) is 75.7 Å². The van der Waals surface area contributed by atoms with E-state index in [4.69, 9.17) is 9.47 Å². The van der Waals surface area contributed by atoms with Gasteiger partial charge in [-0.3, -0.25) is 14.5 Å². The first-order chi connectivity index (χ1) is 22.0. The Kier molecular flexibility index (Phi) is 9.22. The Labute approximate surface area is 266 Å². The average Bonchev–Trinajstić information content (AvgIpc) is 3.70. The quantitative estimate of drug-likeness (QED) is 0.408. The van der Waals surface area contributed by atoms with Gasteiger partial charge >= 0.3 is 12.1 Å². The summed E-state index contributed by atoms with van der Waals surface area (Å²) in [5, 5.41) is 9.42. The number of halogens is 4. The number of carbonyl (C=O) groups is 2. The first kappa shape index (κ1) is 32.6. The van der Waals surface area contributed by atoms with Gasteiger partial charge in [0.05, 0.1) is 18.6 Å².